The van der Waals surface area contributed by atoms with Gasteiger partial charge in [0.1, 0.15) is 17.3 Å². The molecule has 6 nitrogen and oxygen atoms in total. The largest absolute Gasteiger partial charge is 0.457 e. The fourth-order valence-electron chi connectivity index (χ4n) is 2.28. The van der Waals surface area contributed by atoms with Gasteiger partial charge in [0.2, 0.25) is 11.9 Å². The molecule has 7 heteroatoms. The van der Waals surface area contributed by atoms with Gasteiger partial charge in [0.05, 0.1) is 0 Å². The summed E-state index contributed by atoms with van der Waals surface area (Å²) in [6, 6.07) is 14.9. The summed E-state index contributed by atoms with van der Waals surface area (Å²) in [5.41, 5.74) is 0.953. The van der Waals surface area contributed by atoms with E-state index in [4.69, 9.17) is 4.74 Å². The Labute approximate surface area is 156 Å². The number of anilines is 1. The predicted molar refractivity (Wildman–Crippen MR) is 99.9 cm³/mol. The highest BCUT2D eigenvalue weighted by atomic mass is 19.1. The zero-order valence-electron chi connectivity index (χ0n) is 14.6. The Morgan fingerprint density at radius 3 is 2.26 bits per heavy atom. The topological polar surface area (TPSA) is 76.1 Å². The Morgan fingerprint density at radius 2 is 1.59 bits per heavy atom. The number of carbonyl (C=O) groups is 1. The molecule has 0 bridgehead atoms. The summed E-state index contributed by atoms with van der Waals surface area (Å²) in [5, 5.41) is 5.84. The van der Waals surface area contributed by atoms with Crippen molar-refractivity contribution in [2.24, 2.45) is 0 Å². The summed E-state index contributed by atoms with van der Waals surface area (Å²) in [6.07, 6.45) is 3.60. The summed E-state index contributed by atoms with van der Waals surface area (Å²) < 4.78 is 18.5. The second kappa shape index (κ2) is 9.28. The van der Waals surface area contributed by atoms with Gasteiger partial charge in [-0.25, -0.2) is 14.4 Å². The lowest BCUT2D eigenvalue weighted by Crippen LogP contribution is -2.25. The van der Waals surface area contributed by atoms with Crippen LogP contribution in [0, 0.1) is 5.82 Å². The van der Waals surface area contributed by atoms with Crippen molar-refractivity contribution < 1.29 is 13.9 Å². The van der Waals surface area contributed by atoms with Gasteiger partial charge in [0.25, 0.3) is 0 Å². The van der Waals surface area contributed by atoms with Crippen LogP contribution in [0.25, 0.3) is 0 Å². The van der Waals surface area contributed by atoms with Gasteiger partial charge >= 0.3 is 0 Å². The fourth-order valence-corrected chi connectivity index (χ4v) is 2.28. The van der Waals surface area contributed by atoms with Crippen molar-refractivity contribution in [1.82, 2.24) is 15.3 Å². The van der Waals surface area contributed by atoms with Gasteiger partial charge in [-0.3, -0.25) is 4.79 Å². The number of hydrogen-bond donors (Lipinski definition) is 2. The molecule has 0 aliphatic rings. The fraction of sp³-hybridized carbons (Fsp3) is 0.150. The predicted octanol–water partition coefficient (Wildman–Crippen LogP) is 3.53. The van der Waals surface area contributed by atoms with Crippen molar-refractivity contribution >= 4 is 11.9 Å². The summed E-state index contributed by atoms with van der Waals surface area (Å²) in [4.78, 5) is 19.9. The summed E-state index contributed by atoms with van der Waals surface area (Å²) >= 11 is 0. The van der Waals surface area contributed by atoms with Crippen LogP contribution in [0.2, 0.25) is 0 Å². The Kier molecular flexibility index (Phi) is 6.30. The van der Waals surface area contributed by atoms with E-state index >= 15 is 0 Å². The first kappa shape index (κ1) is 18.3. The van der Waals surface area contributed by atoms with Crippen LogP contribution in [-0.2, 0) is 11.3 Å². The molecule has 3 aromatic rings. The van der Waals surface area contributed by atoms with E-state index in [1.54, 1.807) is 42.7 Å². The van der Waals surface area contributed by atoms with Crippen LogP contribution in [0.3, 0.4) is 0 Å². The Bertz CT molecular complexity index is 855. The third-order valence-electron chi connectivity index (χ3n) is 3.66. The van der Waals surface area contributed by atoms with E-state index < -0.39 is 0 Å². The molecule has 1 amide bonds. The molecule has 3 rings (SSSR count). The van der Waals surface area contributed by atoms with Crippen LogP contribution < -0.4 is 15.4 Å². The Morgan fingerprint density at radius 1 is 0.963 bits per heavy atom. The minimum atomic E-state index is -0.306. The van der Waals surface area contributed by atoms with Crippen molar-refractivity contribution in [1.29, 1.82) is 0 Å². The number of benzene rings is 2. The third kappa shape index (κ3) is 6.07. The molecule has 0 unspecified atom stereocenters. The van der Waals surface area contributed by atoms with Gasteiger partial charge < -0.3 is 15.4 Å². The van der Waals surface area contributed by atoms with Crippen molar-refractivity contribution in [2.75, 3.05) is 11.9 Å². The maximum Gasteiger partial charge on any atom is 0.222 e. The van der Waals surface area contributed by atoms with E-state index in [0.29, 0.717) is 37.0 Å². The summed E-state index contributed by atoms with van der Waals surface area (Å²) in [6.45, 7) is 0.887. The summed E-state index contributed by atoms with van der Waals surface area (Å²) in [5.74, 6) is 1.34. The average molecular weight is 366 g/mol. The molecular weight excluding hydrogens is 347 g/mol. The zero-order valence-corrected chi connectivity index (χ0v) is 14.6. The highest BCUT2D eigenvalue weighted by Crippen LogP contribution is 2.21. The van der Waals surface area contributed by atoms with Gasteiger partial charge in [-0.05, 0) is 48.0 Å². The highest BCUT2D eigenvalue weighted by Gasteiger charge is 2.03. The van der Waals surface area contributed by atoms with Crippen LogP contribution in [-0.4, -0.2) is 22.4 Å². The maximum absolute atomic E-state index is 12.9. The number of aromatic nitrogens is 2. The second-order valence-electron chi connectivity index (χ2n) is 5.73. The maximum atomic E-state index is 12.9. The molecule has 0 aliphatic heterocycles. The first-order chi connectivity index (χ1) is 13.2. The zero-order chi connectivity index (χ0) is 18.9. The number of carbonyl (C=O) groups excluding carboxylic acids is 1. The lowest BCUT2D eigenvalue weighted by Gasteiger charge is -2.08. The minimum Gasteiger partial charge on any atom is -0.457 e. The molecule has 0 spiro atoms. The Balaban J connectivity index is 1.40. The van der Waals surface area contributed by atoms with E-state index in [1.807, 2.05) is 12.1 Å². The van der Waals surface area contributed by atoms with Crippen molar-refractivity contribution in [3.8, 4) is 11.5 Å². The molecule has 2 N–H and O–H groups in total. The van der Waals surface area contributed by atoms with Crippen LogP contribution in [0.4, 0.5) is 10.3 Å². The number of hydrogen-bond acceptors (Lipinski definition) is 5. The molecule has 27 heavy (non-hydrogen) atoms. The molecule has 0 aliphatic carbocycles. The number of rotatable bonds is 8. The first-order valence-electron chi connectivity index (χ1n) is 8.49. The van der Waals surface area contributed by atoms with E-state index in [1.165, 1.54) is 12.1 Å². The molecular formula is C20H19FN4O2. The molecule has 0 fully saturated rings. The van der Waals surface area contributed by atoms with Crippen molar-refractivity contribution in [3.63, 3.8) is 0 Å². The number of ether oxygens (including phenoxy) is 1. The SMILES string of the molecule is O=C(CCNc1ncccn1)NCc1ccc(Oc2ccc(F)cc2)cc1. The molecule has 138 valence electrons. The first-order valence-corrected chi connectivity index (χ1v) is 8.49. The number of halogens is 1. The van der Waals surface area contributed by atoms with Crippen molar-refractivity contribution in [2.45, 2.75) is 13.0 Å². The quantitative estimate of drug-likeness (QED) is 0.638. The minimum absolute atomic E-state index is 0.0648. The smallest absolute Gasteiger partial charge is 0.222 e. The molecule has 0 radical (unpaired) electrons. The van der Waals surface area contributed by atoms with Crippen LogP contribution in [0.5, 0.6) is 11.5 Å². The van der Waals surface area contributed by atoms with Gasteiger partial charge in [-0.2, -0.15) is 0 Å². The van der Waals surface area contributed by atoms with Crippen molar-refractivity contribution in [3.05, 3.63) is 78.4 Å². The van der Waals surface area contributed by atoms with E-state index in [-0.39, 0.29) is 11.7 Å². The van der Waals surface area contributed by atoms with Gasteiger partial charge in [0.15, 0.2) is 0 Å². The van der Waals surface area contributed by atoms with Gasteiger partial charge in [-0.15, -0.1) is 0 Å². The van der Waals surface area contributed by atoms with E-state index in [9.17, 15) is 9.18 Å². The monoisotopic (exact) mass is 366 g/mol. The third-order valence-corrected chi connectivity index (χ3v) is 3.66. The summed E-state index contributed by atoms with van der Waals surface area (Å²) in [7, 11) is 0. The van der Waals surface area contributed by atoms with E-state index in [2.05, 4.69) is 20.6 Å². The molecule has 0 atom stereocenters. The number of amides is 1. The lowest BCUT2D eigenvalue weighted by molar-refractivity contribution is -0.121. The second-order valence-corrected chi connectivity index (χ2v) is 5.73. The van der Waals surface area contributed by atoms with Gasteiger partial charge in [-0.1, -0.05) is 12.1 Å². The Hall–Kier alpha value is -3.48. The highest BCUT2D eigenvalue weighted by molar-refractivity contribution is 5.76. The van der Waals surface area contributed by atoms with Gasteiger partial charge in [0, 0.05) is 31.9 Å². The van der Waals surface area contributed by atoms with Crippen LogP contribution >= 0.6 is 0 Å². The van der Waals surface area contributed by atoms with Crippen LogP contribution in [0.1, 0.15) is 12.0 Å². The molecule has 1 heterocycles. The molecule has 0 saturated carbocycles. The standard InChI is InChI=1S/C20H19FN4O2/c21-16-4-8-18(9-5-16)27-17-6-2-15(3-7-17)14-25-19(26)10-13-24-20-22-11-1-12-23-20/h1-9,11-12H,10,13-14H2,(H,25,26)(H,22,23,24). The molecule has 0 saturated heterocycles. The number of nitrogens with zero attached hydrogens (tertiary/aromatic N) is 2. The average Bonchev–Trinajstić information content (AvgIpc) is 2.70. The molecule has 2 aromatic carbocycles. The van der Waals surface area contributed by atoms with E-state index in [0.717, 1.165) is 5.56 Å². The lowest BCUT2D eigenvalue weighted by atomic mass is 10.2. The molecule has 1 aromatic heterocycles. The van der Waals surface area contributed by atoms with Crippen LogP contribution in [0.15, 0.2) is 67.0 Å². The normalized spacial score (nSPS) is 10.3. The number of nitrogens with one attached hydrogen (secondary N) is 2.